The Bertz CT molecular complexity index is 724. The van der Waals surface area contributed by atoms with E-state index in [0.29, 0.717) is 29.6 Å². The lowest BCUT2D eigenvalue weighted by Gasteiger charge is -2.40. The van der Waals surface area contributed by atoms with Crippen LogP contribution in [0, 0.1) is 17.8 Å². The summed E-state index contributed by atoms with van der Waals surface area (Å²) in [7, 11) is -1.81. The van der Waals surface area contributed by atoms with E-state index in [1.54, 1.807) is 0 Å². The molecule has 1 aromatic rings. The first-order valence-electron chi connectivity index (χ1n) is 12.7. The number of aromatic hydroxyl groups is 1. The van der Waals surface area contributed by atoms with E-state index in [0.717, 1.165) is 44.1 Å². The van der Waals surface area contributed by atoms with Gasteiger partial charge in [0.25, 0.3) is 0 Å². The summed E-state index contributed by atoms with van der Waals surface area (Å²) in [4.78, 5) is 0. The zero-order valence-electron chi connectivity index (χ0n) is 20.8. The summed E-state index contributed by atoms with van der Waals surface area (Å²) in [5, 5.41) is 21.6. The summed E-state index contributed by atoms with van der Waals surface area (Å²) in [5.41, 5.74) is 2.41. The van der Waals surface area contributed by atoms with Crippen molar-refractivity contribution in [2.24, 2.45) is 17.8 Å². The summed E-state index contributed by atoms with van der Waals surface area (Å²) < 4.78 is 6.87. The molecule has 3 nitrogen and oxygen atoms in total. The van der Waals surface area contributed by atoms with Crippen LogP contribution in [0.15, 0.2) is 18.2 Å². The lowest BCUT2D eigenvalue weighted by Crippen LogP contribution is -2.44. The van der Waals surface area contributed by atoms with E-state index in [2.05, 4.69) is 46.9 Å². The number of hydrogen-bond donors (Lipinski definition) is 2. The van der Waals surface area contributed by atoms with Crippen LogP contribution in [0.3, 0.4) is 0 Å². The highest BCUT2D eigenvalue weighted by Crippen LogP contribution is 2.48. The molecule has 3 rings (SSSR count). The number of benzene rings is 1. The molecule has 176 valence electrons. The molecule has 1 saturated carbocycles. The molecule has 31 heavy (non-hydrogen) atoms. The highest BCUT2D eigenvalue weighted by molar-refractivity contribution is 6.74. The number of rotatable bonds is 9. The Kier molecular flexibility index (Phi) is 7.97. The van der Waals surface area contributed by atoms with Gasteiger partial charge in [-0.2, -0.15) is 0 Å². The Morgan fingerprint density at radius 2 is 1.87 bits per heavy atom. The number of phenols is 1. The maximum absolute atomic E-state index is 11.0. The lowest BCUT2D eigenvalue weighted by atomic mass is 9.73. The average Bonchev–Trinajstić information content (AvgIpc) is 2.98. The number of aliphatic hydroxyl groups excluding tert-OH is 1. The monoisotopic (exact) mass is 446 g/mol. The molecule has 2 aliphatic carbocycles. The van der Waals surface area contributed by atoms with Crippen molar-refractivity contribution < 1.29 is 14.6 Å². The third-order valence-electron chi connectivity index (χ3n) is 8.58. The van der Waals surface area contributed by atoms with Crippen molar-refractivity contribution in [3.8, 4) is 5.75 Å². The van der Waals surface area contributed by atoms with Crippen LogP contribution in [0.2, 0.25) is 18.1 Å². The first-order chi connectivity index (χ1) is 14.5. The molecule has 2 unspecified atom stereocenters. The Morgan fingerprint density at radius 1 is 1.13 bits per heavy atom. The molecule has 0 bridgehead atoms. The van der Waals surface area contributed by atoms with Gasteiger partial charge in [-0.1, -0.05) is 59.1 Å². The van der Waals surface area contributed by atoms with E-state index in [1.807, 2.05) is 12.1 Å². The van der Waals surface area contributed by atoms with Crippen LogP contribution in [0.25, 0.3) is 0 Å². The van der Waals surface area contributed by atoms with Gasteiger partial charge >= 0.3 is 0 Å². The van der Waals surface area contributed by atoms with Crippen LogP contribution in [-0.4, -0.2) is 30.7 Å². The molecule has 0 saturated heterocycles. The maximum Gasteiger partial charge on any atom is 0.192 e. The van der Waals surface area contributed by atoms with Gasteiger partial charge in [0.1, 0.15) is 5.75 Å². The minimum absolute atomic E-state index is 0.212. The van der Waals surface area contributed by atoms with E-state index in [-0.39, 0.29) is 11.1 Å². The summed E-state index contributed by atoms with van der Waals surface area (Å²) >= 11 is 0. The largest absolute Gasteiger partial charge is 0.508 e. The predicted molar refractivity (Wildman–Crippen MR) is 132 cm³/mol. The van der Waals surface area contributed by atoms with E-state index in [1.165, 1.54) is 24.8 Å². The second kappa shape index (κ2) is 9.97. The maximum atomic E-state index is 11.0. The topological polar surface area (TPSA) is 49.7 Å². The standard InChI is InChI=1S/C27H46O3Si/c1-7-8-9-12-21(30-31(5,6)27(2,3)4)14-15-22-23-18-24-19(11-10-13-25(24)28)16-20(23)17-26(22)29/h10-11,13,20-23,26,28-29H,7-9,12,14-18H2,1-6H3/t20?,21-,22+,23?,26-/m0/s1. The number of fused-ring (bicyclic) bond motifs is 2. The van der Waals surface area contributed by atoms with Crippen molar-refractivity contribution in [1.82, 2.24) is 0 Å². The van der Waals surface area contributed by atoms with Crippen molar-refractivity contribution >= 4 is 8.32 Å². The summed E-state index contributed by atoms with van der Waals surface area (Å²) in [6.07, 6.45) is 9.89. The van der Waals surface area contributed by atoms with Gasteiger partial charge < -0.3 is 14.6 Å². The van der Waals surface area contributed by atoms with Crippen LogP contribution in [-0.2, 0) is 17.3 Å². The van der Waals surface area contributed by atoms with Crippen molar-refractivity contribution in [3.63, 3.8) is 0 Å². The van der Waals surface area contributed by atoms with Crippen LogP contribution in [0.5, 0.6) is 5.75 Å². The number of phenolic OH excluding ortho intramolecular Hbond substituents is 1. The second-order valence-corrected chi connectivity index (χ2v) is 16.5. The summed E-state index contributed by atoms with van der Waals surface area (Å²) in [5.74, 6) is 1.80. The molecule has 1 aromatic carbocycles. The second-order valence-electron chi connectivity index (χ2n) is 11.8. The normalized spacial score (nSPS) is 27.1. The fourth-order valence-corrected chi connectivity index (χ4v) is 7.10. The molecule has 2 aliphatic rings. The Balaban J connectivity index is 1.68. The summed E-state index contributed by atoms with van der Waals surface area (Å²) in [6.45, 7) is 13.9. The molecule has 5 atom stereocenters. The van der Waals surface area contributed by atoms with Crippen LogP contribution in [0.4, 0.5) is 0 Å². The first-order valence-corrected chi connectivity index (χ1v) is 15.6. The van der Waals surface area contributed by atoms with E-state index < -0.39 is 8.32 Å². The zero-order valence-corrected chi connectivity index (χ0v) is 21.8. The molecule has 4 heteroatoms. The Hall–Kier alpha value is -0.843. The van der Waals surface area contributed by atoms with E-state index >= 15 is 0 Å². The van der Waals surface area contributed by atoms with Gasteiger partial charge in [-0.3, -0.25) is 0 Å². The van der Waals surface area contributed by atoms with Crippen LogP contribution < -0.4 is 0 Å². The Labute approximate surface area is 191 Å². The molecule has 0 aliphatic heterocycles. The molecular weight excluding hydrogens is 400 g/mol. The number of unbranched alkanes of at least 4 members (excludes halogenated alkanes) is 2. The van der Waals surface area contributed by atoms with Gasteiger partial charge in [0, 0.05) is 6.10 Å². The summed E-state index contributed by atoms with van der Waals surface area (Å²) in [6, 6.07) is 5.93. The lowest BCUT2D eigenvalue weighted by molar-refractivity contribution is 0.0896. The molecule has 0 heterocycles. The van der Waals surface area contributed by atoms with Gasteiger partial charge in [-0.25, -0.2) is 0 Å². The van der Waals surface area contributed by atoms with Gasteiger partial charge in [0.2, 0.25) is 0 Å². The molecule has 2 N–H and O–H groups in total. The smallest absolute Gasteiger partial charge is 0.192 e. The number of aliphatic hydroxyl groups is 1. The minimum atomic E-state index is -1.81. The molecule has 0 aromatic heterocycles. The molecule has 0 radical (unpaired) electrons. The zero-order chi connectivity index (χ0) is 22.8. The van der Waals surface area contributed by atoms with Crippen molar-refractivity contribution in [1.29, 1.82) is 0 Å². The third-order valence-corrected chi connectivity index (χ3v) is 13.1. The van der Waals surface area contributed by atoms with Crippen LogP contribution in [0.1, 0.15) is 83.8 Å². The fourth-order valence-electron chi connectivity index (χ4n) is 5.68. The van der Waals surface area contributed by atoms with Gasteiger partial charge in [-0.05, 0) is 91.6 Å². The average molecular weight is 447 g/mol. The Morgan fingerprint density at radius 3 is 2.55 bits per heavy atom. The molecule has 0 amide bonds. The van der Waals surface area contributed by atoms with Crippen molar-refractivity contribution in [2.75, 3.05) is 0 Å². The highest BCUT2D eigenvalue weighted by Gasteiger charge is 2.45. The highest BCUT2D eigenvalue weighted by atomic mass is 28.4. The first kappa shape index (κ1) is 24.8. The molecule has 1 fully saturated rings. The van der Waals surface area contributed by atoms with Gasteiger partial charge in [0.05, 0.1) is 6.10 Å². The SMILES string of the molecule is CCCCC[C@@H](CC[C@@H]1C2Cc3c(O)cccc3CC2C[C@@H]1O)O[Si](C)(C)C(C)(C)C. The van der Waals surface area contributed by atoms with Gasteiger partial charge in [-0.15, -0.1) is 0 Å². The van der Waals surface area contributed by atoms with Crippen molar-refractivity contribution in [3.05, 3.63) is 29.3 Å². The van der Waals surface area contributed by atoms with Crippen LogP contribution >= 0.6 is 0 Å². The minimum Gasteiger partial charge on any atom is -0.508 e. The predicted octanol–water partition coefficient (Wildman–Crippen LogP) is 6.85. The molecular formula is C27H46O3Si. The molecule has 0 spiro atoms. The van der Waals surface area contributed by atoms with E-state index in [9.17, 15) is 10.2 Å². The number of hydrogen-bond acceptors (Lipinski definition) is 3. The fraction of sp³-hybridized carbons (Fsp3) is 0.778. The third kappa shape index (κ3) is 5.75. The van der Waals surface area contributed by atoms with E-state index in [4.69, 9.17) is 4.43 Å². The van der Waals surface area contributed by atoms with Crippen molar-refractivity contribution in [2.45, 2.75) is 116 Å². The van der Waals surface area contributed by atoms with Gasteiger partial charge in [0.15, 0.2) is 8.32 Å². The quantitative estimate of drug-likeness (QED) is 0.322.